The molecule has 0 saturated carbocycles. The predicted molar refractivity (Wildman–Crippen MR) is 108 cm³/mol. The van der Waals surface area contributed by atoms with Crippen molar-refractivity contribution in [2.45, 2.75) is 38.8 Å². The first-order valence-corrected chi connectivity index (χ1v) is 9.90. The maximum absolute atomic E-state index is 12.7. The summed E-state index contributed by atoms with van der Waals surface area (Å²) in [5.74, 6) is -0.0887. The van der Waals surface area contributed by atoms with Crippen LogP contribution in [-0.2, 0) is 19.5 Å². The molecule has 7 heteroatoms. The maximum atomic E-state index is 12.7. The van der Waals surface area contributed by atoms with E-state index in [0.29, 0.717) is 24.6 Å². The van der Waals surface area contributed by atoms with Gasteiger partial charge in [-0.15, -0.1) is 0 Å². The van der Waals surface area contributed by atoms with Gasteiger partial charge in [0.15, 0.2) is 5.82 Å². The van der Waals surface area contributed by atoms with Crippen molar-refractivity contribution in [3.8, 4) is 0 Å². The van der Waals surface area contributed by atoms with E-state index in [-0.39, 0.29) is 11.8 Å². The molecule has 0 bridgehead atoms. The number of nitrogens with one attached hydrogen (secondary N) is 2. The zero-order valence-corrected chi connectivity index (χ0v) is 16.7. The molecule has 0 atom stereocenters. The number of nitrogens with zero attached hydrogens (tertiary/aromatic N) is 3. The van der Waals surface area contributed by atoms with Crippen LogP contribution in [0.15, 0.2) is 30.3 Å². The van der Waals surface area contributed by atoms with E-state index in [1.807, 2.05) is 49.0 Å². The van der Waals surface area contributed by atoms with Crippen LogP contribution in [0.2, 0.25) is 0 Å². The zero-order chi connectivity index (χ0) is 19.9. The van der Waals surface area contributed by atoms with Gasteiger partial charge in [-0.25, -0.2) is 4.98 Å². The van der Waals surface area contributed by atoms with E-state index in [4.69, 9.17) is 0 Å². The highest BCUT2D eigenvalue weighted by molar-refractivity contribution is 5.97. The summed E-state index contributed by atoms with van der Waals surface area (Å²) in [6.45, 7) is 2.67. The molecule has 2 amide bonds. The molecule has 0 spiro atoms. The summed E-state index contributed by atoms with van der Waals surface area (Å²) in [5.41, 5.74) is 2.30. The number of hydrogen-bond donors (Lipinski definition) is 2. The van der Waals surface area contributed by atoms with Crippen LogP contribution in [0.4, 0.5) is 0 Å². The Bertz CT molecular complexity index is 814. The Morgan fingerprint density at radius 1 is 1.11 bits per heavy atom. The van der Waals surface area contributed by atoms with Crippen LogP contribution in [0.5, 0.6) is 0 Å². The van der Waals surface area contributed by atoms with Crippen molar-refractivity contribution in [2.75, 3.05) is 27.2 Å². The number of benzene rings is 1. The third-order valence-electron chi connectivity index (χ3n) is 4.90. The van der Waals surface area contributed by atoms with Gasteiger partial charge in [0.05, 0.1) is 5.69 Å². The first kappa shape index (κ1) is 20.1. The molecule has 2 N–H and O–H groups in total. The van der Waals surface area contributed by atoms with Crippen LogP contribution >= 0.6 is 0 Å². The molecule has 0 saturated heterocycles. The largest absolute Gasteiger partial charge is 0.351 e. The van der Waals surface area contributed by atoms with Gasteiger partial charge in [-0.1, -0.05) is 30.3 Å². The molecular weight excluding hydrogens is 354 g/mol. The quantitative estimate of drug-likeness (QED) is 0.682. The van der Waals surface area contributed by atoms with Gasteiger partial charge in [-0.3, -0.25) is 9.59 Å². The van der Waals surface area contributed by atoms with Gasteiger partial charge < -0.3 is 20.1 Å². The minimum atomic E-state index is -0.237. The Morgan fingerprint density at radius 2 is 1.89 bits per heavy atom. The van der Waals surface area contributed by atoms with Crippen LogP contribution in [0.1, 0.15) is 51.6 Å². The molecule has 2 aromatic rings. The molecule has 1 aliphatic heterocycles. The Labute approximate surface area is 166 Å². The average molecular weight is 383 g/mol. The van der Waals surface area contributed by atoms with Crippen LogP contribution in [0.25, 0.3) is 0 Å². The van der Waals surface area contributed by atoms with Gasteiger partial charge >= 0.3 is 0 Å². The van der Waals surface area contributed by atoms with Crippen molar-refractivity contribution in [1.82, 2.24) is 25.1 Å². The molecule has 0 fully saturated rings. The third kappa shape index (κ3) is 4.98. The summed E-state index contributed by atoms with van der Waals surface area (Å²) in [4.78, 5) is 31.9. The lowest BCUT2D eigenvalue weighted by Crippen LogP contribution is -2.28. The highest BCUT2D eigenvalue weighted by atomic mass is 16.2. The van der Waals surface area contributed by atoms with E-state index in [9.17, 15) is 9.59 Å². The van der Waals surface area contributed by atoms with Crippen molar-refractivity contribution in [3.05, 3.63) is 53.1 Å². The first-order valence-electron chi connectivity index (χ1n) is 9.90. The summed E-state index contributed by atoms with van der Waals surface area (Å²) >= 11 is 0. The van der Waals surface area contributed by atoms with E-state index < -0.39 is 0 Å². The van der Waals surface area contributed by atoms with Crippen molar-refractivity contribution < 1.29 is 9.59 Å². The van der Waals surface area contributed by atoms with Crippen molar-refractivity contribution in [3.63, 3.8) is 0 Å². The van der Waals surface area contributed by atoms with Gasteiger partial charge in [-0.05, 0) is 51.9 Å². The summed E-state index contributed by atoms with van der Waals surface area (Å²) < 4.78 is 1.92. The molecule has 0 radical (unpaired) electrons. The number of amides is 2. The van der Waals surface area contributed by atoms with Crippen LogP contribution < -0.4 is 10.6 Å². The van der Waals surface area contributed by atoms with Crippen molar-refractivity contribution in [2.24, 2.45) is 0 Å². The van der Waals surface area contributed by atoms with E-state index in [2.05, 4.69) is 20.5 Å². The fraction of sp³-hybridized carbons (Fsp3) is 0.476. The molecule has 1 aromatic carbocycles. The number of hydrogen-bond acceptors (Lipinski definition) is 4. The summed E-state index contributed by atoms with van der Waals surface area (Å²) in [5, 5.41) is 5.86. The first-order chi connectivity index (χ1) is 13.6. The Hall–Kier alpha value is -2.67. The highest BCUT2D eigenvalue weighted by Gasteiger charge is 2.27. The standard InChI is InChI=1S/C21H29N5O2/c1-25(2)13-8-12-22-20(27)18-17-11-6-7-14-26(17)19(24-18)21(28)23-15-16-9-4-3-5-10-16/h3-5,9-10H,6-8,11-15H2,1-2H3,(H,22,27)(H,23,28). The smallest absolute Gasteiger partial charge is 0.287 e. The van der Waals surface area contributed by atoms with Crippen molar-refractivity contribution >= 4 is 11.8 Å². The zero-order valence-electron chi connectivity index (χ0n) is 16.7. The van der Waals surface area contributed by atoms with E-state index in [1.54, 1.807) is 0 Å². The van der Waals surface area contributed by atoms with E-state index in [1.165, 1.54) is 0 Å². The number of carbonyl (C=O) groups excluding carboxylic acids is 2. The lowest BCUT2D eigenvalue weighted by molar-refractivity contribution is 0.0935. The number of imidazole rings is 1. The molecule has 1 aromatic heterocycles. The van der Waals surface area contributed by atoms with Gasteiger partial charge in [0.25, 0.3) is 11.8 Å². The highest BCUT2D eigenvalue weighted by Crippen LogP contribution is 2.21. The van der Waals surface area contributed by atoms with E-state index in [0.717, 1.165) is 50.0 Å². The minimum Gasteiger partial charge on any atom is -0.351 e. The lowest BCUT2D eigenvalue weighted by Gasteiger charge is -2.17. The molecule has 28 heavy (non-hydrogen) atoms. The molecule has 0 unspecified atom stereocenters. The predicted octanol–water partition coefficient (Wildman–Crippen LogP) is 1.83. The molecule has 0 aliphatic carbocycles. The fourth-order valence-corrected chi connectivity index (χ4v) is 3.44. The minimum absolute atomic E-state index is 0.188. The average Bonchev–Trinajstić information content (AvgIpc) is 3.10. The van der Waals surface area contributed by atoms with Crippen LogP contribution in [0.3, 0.4) is 0 Å². The lowest BCUT2D eigenvalue weighted by atomic mass is 10.1. The number of carbonyl (C=O) groups is 2. The summed E-state index contributed by atoms with van der Waals surface area (Å²) in [6, 6.07) is 9.76. The second-order valence-corrected chi connectivity index (χ2v) is 7.42. The molecule has 7 nitrogen and oxygen atoms in total. The summed E-state index contributed by atoms with van der Waals surface area (Å²) in [6.07, 6.45) is 3.66. The fourth-order valence-electron chi connectivity index (χ4n) is 3.44. The molecule has 3 rings (SSSR count). The normalized spacial score (nSPS) is 13.2. The monoisotopic (exact) mass is 383 g/mol. The number of rotatable bonds is 8. The number of fused-ring (bicyclic) bond motifs is 1. The molecule has 1 aliphatic rings. The van der Waals surface area contributed by atoms with Crippen LogP contribution in [-0.4, -0.2) is 53.5 Å². The van der Waals surface area contributed by atoms with E-state index >= 15 is 0 Å². The van der Waals surface area contributed by atoms with Gasteiger partial charge in [-0.2, -0.15) is 0 Å². The molecule has 2 heterocycles. The topological polar surface area (TPSA) is 79.3 Å². The Morgan fingerprint density at radius 3 is 2.64 bits per heavy atom. The SMILES string of the molecule is CN(C)CCCNC(=O)c1nc(C(=O)NCc2ccccc2)n2c1CCCC2. The Kier molecular flexibility index (Phi) is 6.81. The van der Waals surface area contributed by atoms with Crippen molar-refractivity contribution in [1.29, 1.82) is 0 Å². The Balaban J connectivity index is 1.69. The van der Waals surface area contributed by atoms with Gasteiger partial charge in [0.2, 0.25) is 0 Å². The van der Waals surface area contributed by atoms with Gasteiger partial charge in [0, 0.05) is 19.6 Å². The molecule has 150 valence electrons. The molecular formula is C21H29N5O2. The second kappa shape index (κ2) is 9.50. The second-order valence-electron chi connectivity index (χ2n) is 7.42. The maximum Gasteiger partial charge on any atom is 0.287 e. The van der Waals surface area contributed by atoms with Crippen LogP contribution in [0, 0.1) is 0 Å². The number of aromatic nitrogens is 2. The van der Waals surface area contributed by atoms with Gasteiger partial charge in [0.1, 0.15) is 5.69 Å². The third-order valence-corrected chi connectivity index (χ3v) is 4.90. The summed E-state index contributed by atoms with van der Waals surface area (Å²) in [7, 11) is 4.02.